The molecule has 1 fully saturated rings. The topological polar surface area (TPSA) is 77.9 Å². The third kappa shape index (κ3) is 2.99. The molecule has 104 valence electrons. The maximum atomic E-state index is 12.3. The van der Waals surface area contributed by atoms with Gasteiger partial charge in [-0.3, -0.25) is 0 Å². The molecule has 1 saturated heterocycles. The first-order chi connectivity index (χ1) is 8.91. The highest BCUT2D eigenvalue weighted by molar-refractivity contribution is 7.89. The van der Waals surface area contributed by atoms with Crippen molar-refractivity contribution < 1.29 is 18.3 Å². The lowest BCUT2D eigenvalue weighted by Gasteiger charge is -2.32. The Bertz CT molecular complexity index is 582. The number of halogens is 1. The number of piperazine rings is 1. The van der Waals surface area contributed by atoms with Crippen molar-refractivity contribution in [2.24, 2.45) is 0 Å². The Morgan fingerprint density at radius 2 is 1.84 bits per heavy atom. The zero-order chi connectivity index (χ0) is 14.0. The summed E-state index contributed by atoms with van der Waals surface area (Å²) in [5.74, 6) is 0. The summed E-state index contributed by atoms with van der Waals surface area (Å²) in [5, 5.41) is 9.17. The summed E-state index contributed by atoms with van der Waals surface area (Å²) < 4.78 is 25.9. The van der Waals surface area contributed by atoms with Gasteiger partial charge in [-0.2, -0.15) is 4.31 Å². The summed E-state index contributed by atoms with van der Waals surface area (Å²) >= 11 is 5.79. The van der Waals surface area contributed by atoms with Crippen molar-refractivity contribution in [2.75, 3.05) is 26.2 Å². The number of carbonyl (C=O) groups is 1. The lowest BCUT2D eigenvalue weighted by molar-refractivity contribution is 0.126. The Labute approximate surface area is 116 Å². The lowest BCUT2D eigenvalue weighted by atomic mass is 10.4. The van der Waals surface area contributed by atoms with Crippen LogP contribution < -0.4 is 0 Å². The van der Waals surface area contributed by atoms with Gasteiger partial charge in [-0.15, -0.1) is 0 Å². The van der Waals surface area contributed by atoms with Gasteiger partial charge in [0.15, 0.2) is 0 Å². The second kappa shape index (κ2) is 5.36. The van der Waals surface area contributed by atoms with Crippen LogP contribution in [0.15, 0.2) is 29.2 Å². The van der Waals surface area contributed by atoms with Gasteiger partial charge in [0.25, 0.3) is 0 Å². The molecule has 1 aliphatic heterocycles. The predicted molar refractivity (Wildman–Crippen MR) is 69.8 cm³/mol. The van der Waals surface area contributed by atoms with Crippen LogP contribution in [0.5, 0.6) is 0 Å². The fourth-order valence-corrected chi connectivity index (χ4v) is 3.62. The van der Waals surface area contributed by atoms with Crippen LogP contribution in [0.1, 0.15) is 0 Å². The fourth-order valence-electron chi connectivity index (χ4n) is 1.90. The Morgan fingerprint density at radius 3 is 2.37 bits per heavy atom. The van der Waals surface area contributed by atoms with Crippen molar-refractivity contribution in [3.63, 3.8) is 0 Å². The van der Waals surface area contributed by atoms with Crippen LogP contribution in [0.4, 0.5) is 4.79 Å². The van der Waals surface area contributed by atoms with E-state index in [0.717, 1.165) is 0 Å². The smallest absolute Gasteiger partial charge is 0.407 e. The molecule has 1 amide bonds. The molecule has 0 aliphatic carbocycles. The standard InChI is InChI=1S/C11H13ClN2O4S/c12-9-2-1-3-10(8-9)19(17,18)14-6-4-13(5-7-14)11(15)16/h1-3,8H,4-7H2,(H,15,16). The van der Waals surface area contributed by atoms with Gasteiger partial charge in [-0.05, 0) is 18.2 Å². The second-order valence-electron chi connectivity index (χ2n) is 4.13. The van der Waals surface area contributed by atoms with Crippen LogP contribution in [-0.2, 0) is 10.0 Å². The minimum absolute atomic E-state index is 0.128. The minimum Gasteiger partial charge on any atom is -0.465 e. The van der Waals surface area contributed by atoms with Crippen molar-refractivity contribution in [2.45, 2.75) is 4.90 Å². The van der Waals surface area contributed by atoms with Gasteiger partial charge < -0.3 is 10.0 Å². The van der Waals surface area contributed by atoms with Gasteiger partial charge in [0, 0.05) is 31.2 Å². The van der Waals surface area contributed by atoms with Gasteiger partial charge in [-0.25, -0.2) is 13.2 Å². The maximum absolute atomic E-state index is 12.3. The van der Waals surface area contributed by atoms with Crippen LogP contribution >= 0.6 is 11.6 Å². The van der Waals surface area contributed by atoms with Crippen LogP contribution in [0.3, 0.4) is 0 Å². The first-order valence-electron chi connectivity index (χ1n) is 5.65. The molecule has 0 spiro atoms. The number of amides is 1. The largest absolute Gasteiger partial charge is 0.465 e. The van der Waals surface area contributed by atoms with Gasteiger partial charge in [0.2, 0.25) is 10.0 Å². The van der Waals surface area contributed by atoms with E-state index in [4.69, 9.17) is 16.7 Å². The first-order valence-corrected chi connectivity index (χ1v) is 7.46. The molecule has 1 heterocycles. The number of rotatable bonds is 2. The molecule has 0 saturated carbocycles. The second-order valence-corrected chi connectivity index (χ2v) is 6.51. The summed E-state index contributed by atoms with van der Waals surface area (Å²) in [6.07, 6.45) is -1.03. The molecule has 1 aromatic carbocycles. The maximum Gasteiger partial charge on any atom is 0.407 e. The number of benzene rings is 1. The van der Waals surface area contributed by atoms with E-state index in [1.165, 1.54) is 21.3 Å². The summed E-state index contributed by atoms with van der Waals surface area (Å²) in [7, 11) is -3.60. The van der Waals surface area contributed by atoms with E-state index in [-0.39, 0.29) is 31.1 Å². The molecule has 19 heavy (non-hydrogen) atoms. The van der Waals surface area contributed by atoms with E-state index in [1.54, 1.807) is 12.1 Å². The van der Waals surface area contributed by atoms with E-state index >= 15 is 0 Å². The molecule has 0 unspecified atom stereocenters. The normalized spacial score (nSPS) is 17.4. The Kier molecular flexibility index (Phi) is 3.98. The van der Waals surface area contributed by atoms with Crippen LogP contribution in [0, 0.1) is 0 Å². The third-order valence-corrected chi connectivity index (χ3v) is 5.07. The highest BCUT2D eigenvalue weighted by Gasteiger charge is 2.29. The zero-order valence-electron chi connectivity index (χ0n) is 9.99. The van der Waals surface area contributed by atoms with Crippen molar-refractivity contribution in [3.8, 4) is 0 Å². The monoisotopic (exact) mass is 304 g/mol. The molecule has 8 heteroatoms. The molecule has 0 radical (unpaired) electrons. The van der Waals surface area contributed by atoms with Gasteiger partial charge in [0.05, 0.1) is 4.90 Å². The van der Waals surface area contributed by atoms with Crippen LogP contribution in [0.25, 0.3) is 0 Å². The molecule has 0 aromatic heterocycles. The van der Waals surface area contributed by atoms with E-state index in [0.29, 0.717) is 5.02 Å². The first kappa shape index (κ1) is 14.1. The molecule has 1 aromatic rings. The summed E-state index contributed by atoms with van der Waals surface area (Å²) in [5.41, 5.74) is 0. The highest BCUT2D eigenvalue weighted by atomic mass is 35.5. The van der Waals surface area contributed by atoms with Crippen molar-refractivity contribution in [1.82, 2.24) is 9.21 Å². The molecule has 0 atom stereocenters. The number of hydrogen-bond acceptors (Lipinski definition) is 3. The van der Waals surface area contributed by atoms with E-state index in [9.17, 15) is 13.2 Å². The van der Waals surface area contributed by atoms with Crippen molar-refractivity contribution >= 4 is 27.7 Å². The highest BCUT2D eigenvalue weighted by Crippen LogP contribution is 2.20. The number of sulfonamides is 1. The van der Waals surface area contributed by atoms with Crippen molar-refractivity contribution in [1.29, 1.82) is 0 Å². The molecule has 1 aliphatic rings. The van der Waals surface area contributed by atoms with E-state index in [2.05, 4.69) is 0 Å². The third-order valence-electron chi connectivity index (χ3n) is 2.94. The number of nitrogens with zero attached hydrogens (tertiary/aromatic N) is 2. The summed E-state index contributed by atoms with van der Waals surface area (Å²) in [6, 6.07) is 6.04. The Morgan fingerprint density at radius 1 is 1.21 bits per heavy atom. The van der Waals surface area contributed by atoms with E-state index in [1.807, 2.05) is 0 Å². The van der Waals surface area contributed by atoms with Crippen LogP contribution in [-0.4, -0.2) is 55.0 Å². The average Bonchev–Trinajstić information content (AvgIpc) is 2.39. The fraction of sp³-hybridized carbons (Fsp3) is 0.364. The van der Waals surface area contributed by atoms with Crippen molar-refractivity contribution in [3.05, 3.63) is 29.3 Å². The molecule has 1 N–H and O–H groups in total. The SMILES string of the molecule is O=C(O)N1CCN(S(=O)(=O)c2cccc(Cl)c2)CC1. The summed E-state index contributed by atoms with van der Waals surface area (Å²) in [4.78, 5) is 12.1. The quantitative estimate of drug-likeness (QED) is 0.894. The Hall–Kier alpha value is -1.31. The number of carboxylic acid groups (broad SMARTS) is 1. The zero-order valence-corrected chi connectivity index (χ0v) is 11.6. The van der Waals surface area contributed by atoms with Gasteiger partial charge >= 0.3 is 6.09 Å². The molecule has 2 rings (SSSR count). The van der Waals surface area contributed by atoms with Crippen LogP contribution in [0.2, 0.25) is 5.02 Å². The Balaban J connectivity index is 2.16. The minimum atomic E-state index is -3.60. The molecular weight excluding hydrogens is 292 g/mol. The predicted octanol–water partition coefficient (Wildman–Crippen LogP) is 1.32. The molecule has 6 nitrogen and oxygen atoms in total. The molecule has 0 bridgehead atoms. The summed E-state index contributed by atoms with van der Waals surface area (Å²) in [6.45, 7) is 0.659. The van der Waals surface area contributed by atoms with E-state index < -0.39 is 16.1 Å². The van der Waals surface area contributed by atoms with Gasteiger partial charge in [0.1, 0.15) is 0 Å². The average molecular weight is 305 g/mol. The number of hydrogen-bond donors (Lipinski definition) is 1. The lowest BCUT2D eigenvalue weighted by Crippen LogP contribution is -2.50. The van der Waals surface area contributed by atoms with Gasteiger partial charge in [-0.1, -0.05) is 17.7 Å². The molecular formula is C11H13ClN2O4S.